The molecule has 1 saturated heterocycles. The minimum atomic E-state index is 0.0551. The van der Waals surface area contributed by atoms with Crippen LogP contribution in [0.15, 0.2) is 48.6 Å². The first-order chi connectivity index (χ1) is 10.9. The summed E-state index contributed by atoms with van der Waals surface area (Å²) in [5.74, 6) is 0. The van der Waals surface area contributed by atoms with E-state index in [2.05, 4.69) is 48.6 Å². The zero-order valence-electron chi connectivity index (χ0n) is 14.1. The molecule has 0 aromatic rings. The number of ether oxygens (including phenoxy) is 2. The van der Waals surface area contributed by atoms with Crippen LogP contribution in [-0.2, 0) is 9.47 Å². The van der Waals surface area contributed by atoms with Gasteiger partial charge in [0.2, 0.25) is 0 Å². The summed E-state index contributed by atoms with van der Waals surface area (Å²) in [5.41, 5.74) is 0. The van der Waals surface area contributed by atoms with Gasteiger partial charge >= 0.3 is 0 Å². The average molecular weight is 304 g/mol. The van der Waals surface area contributed by atoms with Gasteiger partial charge in [-0.25, -0.2) is 0 Å². The zero-order valence-corrected chi connectivity index (χ0v) is 14.1. The second-order valence-corrected chi connectivity index (χ2v) is 5.55. The summed E-state index contributed by atoms with van der Waals surface area (Å²) < 4.78 is 11.2. The first-order valence-corrected chi connectivity index (χ1v) is 8.76. The van der Waals surface area contributed by atoms with Crippen LogP contribution in [0.4, 0.5) is 0 Å². The van der Waals surface area contributed by atoms with Gasteiger partial charge in [-0.1, -0.05) is 48.6 Å². The van der Waals surface area contributed by atoms with Crippen molar-refractivity contribution in [2.75, 3.05) is 13.2 Å². The van der Waals surface area contributed by atoms with E-state index in [9.17, 15) is 0 Å². The molecule has 0 aliphatic carbocycles. The molecule has 0 aromatic heterocycles. The second kappa shape index (κ2) is 14.8. The molecule has 2 heteroatoms. The largest absolute Gasteiger partial charge is 0.353 e. The van der Waals surface area contributed by atoms with Crippen LogP contribution in [0.25, 0.3) is 0 Å². The number of hydrogen-bond donors (Lipinski definition) is 0. The van der Waals surface area contributed by atoms with E-state index in [4.69, 9.17) is 9.47 Å². The first-order valence-electron chi connectivity index (χ1n) is 8.76. The van der Waals surface area contributed by atoms with E-state index in [-0.39, 0.29) is 6.29 Å². The number of rotatable bonds is 11. The highest BCUT2D eigenvalue weighted by molar-refractivity contribution is 5.03. The lowest BCUT2D eigenvalue weighted by Gasteiger charge is -2.22. The van der Waals surface area contributed by atoms with E-state index in [1.807, 2.05) is 6.92 Å². The Hall–Kier alpha value is -1.12. The normalized spacial score (nSPS) is 20.1. The highest BCUT2D eigenvalue weighted by atomic mass is 16.7. The molecule has 0 radical (unpaired) electrons. The molecule has 1 aliphatic rings. The summed E-state index contributed by atoms with van der Waals surface area (Å²) in [6.45, 7) is 3.70. The lowest BCUT2D eigenvalue weighted by molar-refractivity contribution is -0.162. The molecule has 1 unspecified atom stereocenters. The van der Waals surface area contributed by atoms with Gasteiger partial charge in [0, 0.05) is 6.61 Å². The maximum absolute atomic E-state index is 5.70. The predicted molar refractivity (Wildman–Crippen MR) is 94.9 cm³/mol. The van der Waals surface area contributed by atoms with E-state index in [1.54, 1.807) is 0 Å². The Morgan fingerprint density at radius 2 is 1.59 bits per heavy atom. The smallest absolute Gasteiger partial charge is 0.157 e. The maximum atomic E-state index is 5.70. The molecule has 2 nitrogen and oxygen atoms in total. The maximum Gasteiger partial charge on any atom is 0.157 e. The summed E-state index contributed by atoms with van der Waals surface area (Å²) >= 11 is 0. The van der Waals surface area contributed by atoms with Crippen molar-refractivity contribution in [3.05, 3.63) is 48.6 Å². The average Bonchev–Trinajstić information content (AvgIpc) is 2.56. The van der Waals surface area contributed by atoms with Gasteiger partial charge in [0.1, 0.15) is 0 Å². The number of hydrogen-bond acceptors (Lipinski definition) is 2. The fourth-order valence-electron chi connectivity index (χ4n) is 2.25. The molecule has 1 fully saturated rings. The topological polar surface area (TPSA) is 18.5 Å². The van der Waals surface area contributed by atoms with Crippen LogP contribution in [0.2, 0.25) is 0 Å². The van der Waals surface area contributed by atoms with Crippen molar-refractivity contribution in [2.24, 2.45) is 0 Å². The highest BCUT2D eigenvalue weighted by Crippen LogP contribution is 2.13. The molecule has 0 N–H and O–H groups in total. The Labute approximate surface area is 136 Å². The Kier molecular flexibility index (Phi) is 12.7. The molecule has 1 rings (SSSR count). The van der Waals surface area contributed by atoms with Gasteiger partial charge in [-0.3, -0.25) is 0 Å². The van der Waals surface area contributed by atoms with Crippen LogP contribution >= 0.6 is 0 Å². The summed E-state index contributed by atoms with van der Waals surface area (Å²) in [6, 6.07) is 0. The van der Waals surface area contributed by atoms with Gasteiger partial charge < -0.3 is 9.47 Å². The minimum Gasteiger partial charge on any atom is -0.353 e. The van der Waals surface area contributed by atoms with Crippen molar-refractivity contribution in [1.29, 1.82) is 0 Å². The molecule has 0 aromatic carbocycles. The van der Waals surface area contributed by atoms with Crippen molar-refractivity contribution >= 4 is 0 Å². The molecule has 124 valence electrons. The summed E-state index contributed by atoms with van der Waals surface area (Å²) in [4.78, 5) is 0. The third kappa shape index (κ3) is 11.5. The SMILES string of the molecule is C/C=C/C=C/CCC/C=C/C=C/CCCOC1CCCCO1. The second-order valence-electron chi connectivity index (χ2n) is 5.55. The molecule has 1 heterocycles. The van der Waals surface area contributed by atoms with E-state index >= 15 is 0 Å². The van der Waals surface area contributed by atoms with Gasteiger partial charge in [-0.2, -0.15) is 0 Å². The lowest BCUT2D eigenvalue weighted by atomic mass is 10.2. The Morgan fingerprint density at radius 1 is 0.909 bits per heavy atom. The fraction of sp³-hybridized carbons (Fsp3) is 0.600. The fourth-order valence-corrected chi connectivity index (χ4v) is 2.25. The molecule has 1 aliphatic heterocycles. The van der Waals surface area contributed by atoms with E-state index < -0.39 is 0 Å². The van der Waals surface area contributed by atoms with Crippen LogP contribution in [0.5, 0.6) is 0 Å². The molecule has 0 amide bonds. The van der Waals surface area contributed by atoms with Crippen LogP contribution < -0.4 is 0 Å². The molecule has 22 heavy (non-hydrogen) atoms. The zero-order chi connectivity index (χ0) is 15.7. The highest BCUT2D eigenvalue weighted by Gasteiger charge is 2.12. The van der Waals surface area contributed by atoms with Crippen LogP contribution in [0.3, 0.4) is 0 Å². The van der Waals surface area contributed by atoms with E-state index in [0.717, 1.165) is 45.3 Å². The minimum absolute atomic E-state index is 0.0551. The lowest BCUT2D eigenvalue weighted by Crippen LogP contribution is -2.22. The monoisotopic (exact) mass is 304 g/mol. The van der Waals surface area contributed by atoms with Crippen molar-refractivity contribution in [3.8, 4) is 0 Å². The quantitative estimate of drug-likeness (QED) is 0.359. The third-order valence-electron chi connectivity index (χ3n) is 3.52. The molecule has 0 saturated carbocycles. The van der Waals surface area contributed by atoms with Crippen molar-refractivity contribution in [3.63, 3.8) is 0 Å². The van der Waals surface area contributed by atoms with Crippen LogP contribution in [0, 0.1) is 0 Å². The Balaban J connectivity index is 1.87. The van der Waals surface area contributed by atoms with Gasteiger partial charge in [-0.15, -0.1) is 0 Å². The third-order valence-corrected chi connectivity index (χ3v) is 3.52. The molecular weight excluding hydrogens is 272 g/mol. The van der Waals surface area contributed by atoms with Gasteiger partial charge in [0.15, 0.2) is 6.29 Å². The van der Waals surface area contributed by atoms with E-state index in [1.165, 1.54) is 19.3 Å². The summed E-state index contributed by atoms with van der Waals surface area (Å²) in [7, 11) is 0. The van der Waals surface area contributed by atoms with Crippen LogP contribution in [0.1, 0.15) is 58.3 Å². The van der Waals surface area contributed by atoms with Crippen LogP contribution in [-0.4, -0.2) is 19.5 Å². The van der Waals surface area contributed by atoms with Gasteiger partial charge in [-0.05, 0) is 58.3 Å². The van der Waals surface area contributed by atoms with E-state index in [0.29, 0.717) is 0 Å². The number of allylic oxidation sites excluding steroid dienone is 8. The number of unbranched alkanes of at least 4 members (excludes halogenated alkanes) is 3. The molecular formula is C20H32O2. The standard InChI is InChI=1S/C20H32O2/c1-2-3-4-5-6-7-8-9-10-11-12-13-15-18-21-20-17-14-16-19-22-20/h2-5,9-12,20H,6-8,13-19H2,1H3/b3-2+,5-4+,10-9+,12-11+. The van der Waals surface area contributed by atoms with Crippen molar-refractivity contribution in [2.45, 2.75) is 64.6 Å². The first kappa shape index (κ1) is 18.9. The summed E-state index contributed by atoms with van der Waals surface area (Å²) in [5, 5.41) is 0. The summed E-state index contributed by atoms with van der Waals surface area (Å²) in [6.07, 6.45) is 26.4. The molecule has 0 bridgehead atoms. The van der Waals surface area contributed by atoms with Gasteiger partial charge in [0.25, 0.3) is 0 Å². The molecule has 1 atom stereocenters. The Morgan fingerprint density at radius 3 is 2.23 bits per heavy atom. The van der Waals surface area contributed by atoms with Crippen molar-refractivity contribution in [1.82, 2.24) is 0 Å². The van der Waals surface area contributed by atoms with Gasteiger partial charge in [0.05, 0.1) is 6.61 Å². The predicted octanol–water partition coefficient (Wildman–Crippen LogP) is 5.72. The van der Waals surface area contributed by atoms with Crippen molar-refractivity contribution < 1.29 is 9.47 Å². The molecule has 0 spiro atoms. The Bertz CT molecular complexity index is 347.